The van der Waals surface area contributed by atoms with Gasteiger partial charge in [0.1, 0.15) is 17.5 Å². The molecule has 1 aromatic heterocycles. The molecule has 0 saturated heterocycles. The van der Waals surface area contributed by atoms with Crippen LogP contribution in [0.5, 0.6) is 0 Å². The molecule has 0 aliphatic heterocycles. The Labute approximate surface area is 132 Å². The van der Waals surface area contributed by atoms with Crippen LogP contribution in [0.15, 0.2) is 48.5 Å². The zero-order chi connectivity index (χ0) is 16.2. The normalized spacial score (nSPS) is 12.3. The number of nitrogens with one attached hydrogen (secondary N) is 1. The summed E-state index contributed by atoms with van der Waals surface area (Å²) in [6.45, 7) is 0. The number of nitrogens with zero attached hydrogens (tertiary/aromatic N) is 2. The van der Waals surface area contributed by atoms with Gasteiger partial charge in [-0.3, -0.25) is 5.10 Å². The third-order valence-corrected chi connectivity index (χ3v) is 3.61. The van der Waals surface area contributed by atoms with Gasteiger partial charge in [0.2, 0.25) is 0 Å². The fraction of sp³-hybridized carbons (Fsp3) is 0.176. The largest absolute Gasteiger partial charge is 0.321 e. The summed E-state index contributed by atoms with van der Waals surface area (Å²) in [5, 5.41) is 6.65. The maximum Gasteiger partial charge on any atom is 0.184 e. The van der Waals surface area contributed by atoms with Crippen molar-refractivity contribution in [2.45, 2.75) is 18.9 Å². The van der Waals surface area contributed by atoms with Crippen LogP contribution in [0.3, 0.4) is 0 Å². The second-order valence-corrected chi connectivity index (χ2v) is 5.30. The Kier molecular flexibility index (Phi) is 4.43. The fourth-order valence-electron chi connectivity index (χ4n) is 2.33. The van der Waals surface area contributed by atoms with Gasteiger partial charge in [0.15, 0.2) is 5.82 Å². The van der Waals surface area contributed by atoms with Crippen LogP contribution < -0.4 is 5.73 Å². The summed E-state index contributed by atoms with van der Waals surface area (Å²) in [7, 11) is 0. The molecule has 6 heteroatoms. The molecule has 3 rings (SSSR count). The van der Waals surface area contributed by atoms with Crippen molar-refractivity contribution < 1.29 is 8.78 Å². The van der Waals surface area contributed by atoms with Gasteiger partial charge in [-0.15, -0.1) is 0 Å². The van der Waals surface area contributed by atoms with Gasteiger partial charge in [0.25, 0.3) is 0 Å². The van der Waals surface area contributed by atoms with E-state index in [1.165, 1.54) is 5.56 Å². The number of hydrogen-bond donors (Lipinski definition) is 2. The first-order valence-electron chi connectivity index (χ1n) is 7.30. The third kappa shape index (κ3) is 3.60. The summed E-state index contributed by atoms with van der Waals surface area (Å²) < 4.78 is 27.0. The van der Waals surface area contributed by atoms with E-state index in [1.54, 1.807) is 0 Å². The number of aryl methyl sites for hydroxylation is 1. The van der Waals surface area contributed by atoms with Crippen LogP contribution in [-0.2, 0) is 6.42 Å². The van der Waals surface area contributed by atoms with E-state index in [1.807, 2.05) is 30.3 Å². The molecule has 0 radical (unpaired) electrons. The Morgan fingerprint density at radius 3 is 2.65 bits per heavy atom. The van der Waals surface area contributed by atoms with Crippen molar-refractivity contribution >= 4 is 0 Å². The summed E-state index contributed by atoms with van der Waals surface area (Å²) in [5.74, 6) is -0.553. The summed E-state index contributed by atoms with van der Waals surface area (Å²) in [6.07, 6.45) is 1.47. The lowest BCUT2D eigenvalue weighted by Gasteiger charge is -2.07. The number of aromatic nitrogens is 3. The molecule has 0 aliphatic carbocycles. The van der Waals surface area contributed by atoms with Gasteiger partial charge in [-0.25, -0.2) is 13.8 Å². The lowest BCUT2D eigenvalue weighted by molar-refractivity contribution is 0.602. The van der Waals surface area contributed by atoms with Crippen molar-refractivity contribution in [1.82, 2.24) is 15.2 Å². The number of hydrogen-bond acceptors (Lipinski definition) is 3. The molecule has 0 spiro atoms. The highest BCUT2D eigenvalue weighted by molar-refractivity contribution is 5.55. The predicted octanol–water partition coefficient (Wildman–Crippen LogP) is 3.38. The molecular formula is C17H16F2N4. The van der Waals surface area contributed by atoms with Gasteiger partial charge < -0.3 is 5.73 Å². The molecule has 0 amide bonds. The molecule has 3 N–H and O–H groups in total. The molecule has 1 heterocycles. The van der Waals surface area contributed by atoms with E-state index < -0.39 is 11.6 Å². The Morgan fingerprint density at radius 1 is 1.09 bits per heavy atom. The van der Waals surface area contributed by atoms with Gasteiger partial charge in [-0.05, 0) is 36.6 Å². The molecule has 0 fully saturated rings. The molecule has 0 aliphatic rings. The number of benzene rings is 2. The van der Waals surface area contributed by atoms with Crippen molar-refractivity contribution in [2.75, 3.05) is 0 Å². The summed E-state index contributed by atoms with van der Waals surface area (Å²) in [6, 6.07) is 12.8. The van der Waals surface area contributed by atoms with Crippen molar-refractivity contribution in [1.29, 1.82) is 0 Å². The number of aromatic amines is 1. The van der Waals surface area contributed by atoms with Crippen molar-refractivity contribution in [3.05, 3.63) is 71.6 Å². The van der Waals surface area contributed by atoms with Gasteiger partial charge in [0.05, 0.1) is 11.6 Å². The van der Waals surface area contributed by atoms with Crippen LogP contribution in [0, 0.1) is 11.6 Å². The minimum atomic E-state index is -0.574. The standard InChI is InChI=1S/C17H16F2N4/c18-12-7-8-14(19)13(10-12)16-21-17(23-22-16)15(20)9-6-11-4-2-1-3-5-11/h1-5,7-8,10,15H,6,9,20H2,(H,21,22,23)/t15-/m1/s1. The Bertz CT molecular complexity index is 786. The molecule has 23 heavy (non-hydrogen) atoms. The second kappa shape index (κ2) is 6.66. The van der Waals surface area contributed by atoms with E-state index in [-0.39, 0.29) is 17.4 Å². The van der Waals surface area contributed by atoms with Crippen LogP contribution in [0.1, 0.15) is 23.9 Å². The van der Waals surface area contributed by atoms with E-state index in [0.717, 1.165) is 24.6 Å². The number of rotatable bonds is 5. The van der Waals surface area contributed by atoms with E-state index >= 15 is 0 Å². The van der Waals surface area contributed by atoms with Gasteiger partial charge in [-0.1, -0.05) is 30.3 Å². The highest BCUT2D eigenvalue weighted by atomic mass is 19.1. The lowest BCUT2D eigenvalue weighted by Crippen LogP contribution is -2.13. The smallest absolute Gasteiger partial charge is 0.184 e. The zero-order valence-corrected chi connectivity index (χ0v) is 12.3. The Hall–Kier alpha value is -2.60. The van der Waals surface area contributed by atoms with E-state index in [9.17, 15) is 8.78 Å². The number of nitrogens with two attached hydrogens (primary N) is 1. The molecule has 118 valence electrons. The first kappa shape index (κ1) is 15.3. The molecule has 3 aromatic rings. The van der Waals surface area contributed by atoms with Crippen molar-refractivity contribution in [3.63, 3.8) is 0 Å². The fourth-order valence-corrected chi connectivity index (χ4v) is 2.33. The quantitative estimate of drug-likeness (QED) is 0.758. The highest BCUT2D eigenvalue weighted by Crippen LogP contribution is 2.22. The molecular weight excluding hydrogens is 298 g/mol. The number of H-pyrrole nitrogens is 1. The maximum absolute atomic E-state index is 13.7. The zero-order valence-electron chi connectivity index (χ0n) is 12.3. The minimum absolute atomic E-state index is 0.0164. The van der Waals surface area contributed by atoms with E-state index in [4.69, 9.17) is 5.73 Å². The Balaban J connectivity index is 1.72. The average Bonchev–Trinajstić information content (AvgIpc) is 3.06. The van der Waals surface area contributed by atoms with Crippen LogP contribution in [0.4, 0.5) is 8.78 Å². The Morgan fingerprint density at radius 2 is 1.87 bits per heavy atom. The van der Waals surface area contributed by atoms with Gasteiger partial charge >= 0.3 is 0 Å². The highest BCUT2D eigenvalue weighted by Gasteiger charge is 2.15. The maximum atomic E-state index is 13.7. The minimum Gasteiger partial charge on any atom is -0.321 e. The summed E-state index contributed by atoms with van der Waals surface area (Å²) in [4.78, 5) is 4.20. The molecule has 2 aromatic carbocycles. The summed E-state index contributed by atoms with van der Waals surface area (Å²) in [5.41, 5.74) is 7.30. The van der Waals surface area contributed by atoms with Gasteiger partial charge in [0, 0.05) is 0 Å². The molecule has 0 bridgehead atoms. The third-order valence-electron chi connectivity index (χ3n) is 3.61. The van der Waals surface area contributed by atoms with Crippen LogP contribution >= 0.6 is 0 Å². The summed E-state index contributed by atoms with van der Waals surface area (Å²) >= 11 is 0. The lowest BCUT2D eigenvalue weighted by atomic mass is 10.1. The second-order valence-electron chi connectivity index (χ2n) is 5.30. The SMILES string of the molecule is N[C@H](CCc1ccccc1)c1nc(-c2cc(F)ccc2F)n[nH]1. The first-order valence-corrected chi connectivity index (χ1v) is 7.30. The molecule has 0 unspecified atom stereocenters. The van der Waals surface area contributed by atoms with Crippen LogP contribution in [0.25, 0.3) is 11.4 Å². The molecule has 4 nitrogen and oxygen atoms in total. The van der Waals surface area contributed by atoms with Crippen LogP contribution in [-0.4, -0.2) is 15.2 Å². The molecule has 0 saturated carbocycles. The van der Waals surface area contributed by atoms with Crippen LogP contribution in [0.2, 0.25) is 0 Å². The first-order chi connectivity index (χ1) is 11.1. The monoisotopic (exact) mass is 314 g/mol. The van der Waals surface area contributed by atoms with Gasteiger partial charge in [-0.2, -0.15) is 5.10 Å². The number of halogens is 2. The van der Waals surface area contributed by atoms with Crippen molar-refractivity contribution in [2.24, 2.45) is 5.73 Å². The topological polar surface area (TPSA) is 67.6 Å². The predicted molar refractivity (Wildman–Crippen MR) is 83.4 cm³/mol. The van der Waals surface area contributed by atoms with E-state index in [0.29, 0.717) is 12.2 Å². The van der Waals surface area contributed by atoms with E-state index in [2.05, 4.69) is 15.2 Å². The average molecular weight is 314 g/mol. The van der Waals surface area contributed by atoms with Crippen molar-refractivity contribution in [3.8, 4) is 11.4 Å². The molecule has 1 atom stereocenters.